The minimum atomic E-state index is -0.735. The lowest BCUT2D eigenvalue weighted by molar-refractivity contribution is -0.137. The van der Waals surface area contributed by atoms with Crippen LogP contribution in [0.2, 0.25) is 0 Å². The van der Waals surface area contributed by atoms with Gasteiger partial charge in [-0.25, -0.2) is 0 Å². The molecule has 1 N–H and O–H groups in total. The maximum atomic E-state index is 11.0. The average molecular weight is 264 g/mol. The van der Waals surface area contributed by atoms with Gasteiger partial charge in [-0.15, -0.1) is 0 Å². The molecule has 0 amide bonds. The molecule has 0 aromatic heterocycles. The van der Waals surface area contributed by atoms with E-state index in [1.807, 2.05) is 18.2 Å². The average Bonchev–Trinajstić information content (AvgIpc) is 3.20. The van der Waals surface area contributed by atoms with Gasteiger partial charge < -0.3 is 14.6 Å². The number of carboxylic acid groups (broad SMARTS) is 1. The van der Waals surface area contributed by atoms with Gasteiger partial charge in [-0.2, -0.15) is 0 Å². The highest BCUT2D eigenvalue weighted by molar-refractivity contribution is 5.68. The molecule has 1 aromatic carbocycles. The van der Waals surface area contributed by atoms with Crippen LogP contribution in [0.15, 0.2) is 18.2 Å². The predicted octanol–water partition coefficient (Wildman–Crippen LogP) is 2.81. The summed E-state index contributed by atoms with van der Waals surface area (Å²) in [4.78, 5) is 11.0. The van der Waals surface area contributed by atoms with Gasteiger partial charge in [0.25, 0.3) is 0 Å². The van der Waals surface area contributed by atoms with Gasteiger partial charge in [-0.3, -0.25) is 4.79 Å². The van der Waals surface area contributed by atoms with E-state index in [0.29, 0.717) is 12.5 Å². The summed E-state index contributed by atoms with van der Waals surface area (Å²) in [5.41, 5.74) is 2.05. The minimum Gasteiger partial charge on any atom is -0.496 e. The Hall–Kier alpha value is -1.55. The van der Waals surface area contributed by atoms with Crippen LogP contribution in [-0.4, -0.2) is 25.3 Å². The Labute approximate surface area is 113 Å². The number of aliphatic carboxylic acids is 1. The van der Waals surface area contributed by atoms with Crippen molar-refractivity contribution in [3.8, 4) is 5.75 Å². The van der Waals surface area contributed by atoms with Crippen molar-refractivity contribution >= 4 is 5.97 Å². The van der Waals surface area contributed by atoms with Gasteiger partial charge in [0.15, 0.2) is 0 Å². The Kier molecular flexibility index (Phi) is 4.43. The normalized spacial score (nSPS) is 16.1. The maximum Gasteiger partial charge on any atom is 0.303 e. The molecule has 0 bridgehead atoms. The third kappa shape index (κ3) is 3.47. The molecule has 1 aliphatic carbocycles. The number of carbonyl (C=O) groups is 1. The van der Waals surface area contributed by atoms with Crippen LogP contribution < -0.4 is 4.74 Å². The summed E-state index contributed by atoms with van der Waals surface area (Å²) in [5, 5.41) is 9.05. The molecule has 1 saturated carbocycles. The summed E-state index contributed by atoms with van der Waals surface area (Å²) in [6.07, 6.45) is 2.45. The van der Waals surface area contributed by atoms with E-state index in [-0.39, 0.29) is 12.3 Å². The van der Waals surface area contributed by atoms with Crippen LogP contribution >= 0.6 is 0 Å². The largest absolute Gasteiger partial charge is 0.496 e. The lowest BCUT2D eigenvalue weighted by Gasteiger charge is -2.17. The lowest BCUT2D eigenvalue weighted by Crippen LogP contribution is -2.09. The van der Waals surface area contributed by atoms with Crippen molar-refractivity contribution < 1.29 is 19.4 Å². The lowest BCUT2D eigenvalue weighted by atomic mass is 9.90. The molecular weight excluding hydrogens is 244 g/mol. The summed E-state index contributed by atoms with van der Waals surface area (Å²) < 4.78 is 10.5. The smallest absolute Gasteiger partial charge is 0.303 e. The van der Waals surface area contributed by atoms with Crippen molar-refractivity contribution in [1.29, 1.82) is 0 Å². The molecule has 0 spiro atoms. The van der Waals surface area contributed by atoms with Crippen LogP contribution in [0.5, 0.6) is 5.75 Å². The standard InChI is InChI=1S/C15H20O4/c1-18-9-12-7-11(5-6-14(12)19-2)13(8-15(16)17)10-3-4-10/h5-7,10,13H,3-4,8-9H2,1-2H3,(H,16,17). The maximum absolute atomic E-state index is 11.0. The fourth-order valence-electron chi connectivity index (χ4n) is 2.54. The Morgan fingerprint density at radius 2 is 2.16 bits per heavy atom. The molecule has 1 atom stereocenters. The first kappa shape index (κ1) is 13.9. The van der Waals surface area contributed by atoms with Crippen molar-refractivity contribution in [3.63, 3.8) is 0 Å². The molecule has 4 nitrogen and oxygen atoms in total. The zero-order chi connectivity index (χ0) is 13.8. The second-order valence-corrected chi connectivity index (χ2v) is 5.05. The summed E-state index contributed by atoms with van der Waals surface area (Å²) in [6.45, 7) is 0.474. The van der Waals surface area contributed by atoms with Gasteiger partial charge in [-0.1, -0.05) is 6.07 Å². The van der Waals surface area contributed by atoms with E-state index in [0.717, 1.165) is 29.7 Å². The topological polar surface area (TPSA) is 55.8 Å². The van der Waals surface area contributed by atoms with Gasteiger partial charge in [0.05, 0.1) is 20.1 Å². The van der Waals surface area contributed by atoms with Crippen LogP contribution in [0.3, 0.4) is 0 Å². The fourth-order valence-corrected chi connectivity index (χ4v) is 2.54. The molecule has 19 heavy (non-hydrogen) atoms. The van der Waals surface area contributed by atoms with E-state index in [1.54, 1.807) is 14.2 Å². The number of carboxylic acids is 1. The molecule has 4 heteroatoms. The Morgan fingerprint density at radius 3 is 2.68 bits per heavy atom. The minimum absolute atomic E-state index is 0.110. The van der Waals surface area contributed by atoms with Gasteiger partial charge in [0.1, 0.15) is 5.75 Å². The van der Waals surface area contributed by atoms with E-state index in [9.17, 15) is 4.79 Å². The van der Waals surface area contributed by atoms with Crippen LogP contribution in [0.1, 0.15) is 36.3 Å². The second-order valence-electron chi connectivity index (χ2n) is 5.05. The molecule has 1 aromatic rings. The van der Waals surface area contributed by atoms with E-state index in [4.69, 9.17) is 14.6 Å². The van der Waals surface area contributed by atoms with Crippen molar-refractivity contribution in [2.75, 3.05) is 14.2 Å². The van der Waals surface area contributed by atoms with Crippen molar-refractivity contribution in [3.05, 3.63) is 29.3 Å². The highest BCUT2D eigenvalue weighted by atomic mass is 16.5. The third-order valence-electron chi connectivity index (χ3n) is 3.62. The fraction of sp³-hybridized carbons (Fsp3) is 0.533. The van der Waals surface area contributed by atoms with Crippen molar-refractivity contribution in [1.82, 2.24) is 0 Å². The van der Waals surface area contributed by atoms with E-state index < -0.39 is 5.97 Å². The van der Waals surface area contributed by atoms with Crippen LogP contribution in [0, 0.1) is 5.92 Å². The summed E-state index contributed by atoms with van der Waals surface area (Å²) in [7, 11) is 3.27. The van der Waals surface area contributed by atoms with Gasteiger partial charge in [-0.05, 0) is 42.4 Å². The van der Waals surface area contributed by atoms with Crippen molar-refractivity contribution in [2.45, 2.75) is 31.8 Å². The zero-order valence-electron chi connectivity index (χ0n) is 11.4. The molecule has 0 heterocycles. The Balaban J connectivity index is 2.26. The molecule has 0 aliphatic heterocycles. The second kappa shape index (κ2) is 6.06. The van der Waals surface area contributed by atoms with Gasteiger partial charge in [0, 0.05) is 12.7 Å². The molecular formula is C15H20O4. The van der Waals surface area contributed by atoms with Crippen LogP contribution in [-0.2, 0) is 16.1 Å². The molecule has 0 radical (unpaired) electrons. The SMILES string of the molecule is COCc1cc(C(CC(=O)O)C2CC2)ccc1OC. The molecule has 1 unspecified atom stereocenters. The molecule has 1 fully saturated rings. The Bertz CT molecular complexity index is 451. The highest BCUT2D eigenvalue weighted by Crippen LogP contribution is 2.45. The summed E-state index contributed by atoms with van der Waals surface area (Å²) in [6, 6.07) is 5.90. The monoisotopic (exact) mass is 264 g/mol. The first-order valence-corrected chi connectivity index (χ1v) is 6.53. The first-order chi connectivity index (χ1) is 9.15. The highest BCUT2D eigenvalue weighted by Gasteiger charge is 2.33. The van der Waals surface area contributed by atoms with Crippen LogP contribution in [0.4, 0.5) is 0 Å². The van der Waals surface area contributed by atoms with E-state index in [2.05, 4.69) is 0 Å². The van der Waals surface area contributed by atoms with E-state index >= 15 is 0 Å². The number of methoxy groups -OCH3 is 2. The Morgan fingerprint density at radius 1 is 1.42 bits per heavy atom. The summed E-state index contributed by atoms with van der Waals surface area (Å²) >= 11 is 0. The number of ether oxygens (including phenoxy) is 2. The molecule has 2 rings (SSSR count). The first-order valence-electron chi connectivity index (χ1n) is 6.53. The van der Waals surface area contributed by atoms with E-state index in [1.165, 1.54) is 0 Å². The molecule has 0 saturated heterocycles. The zero-order valence-corrected chi connectivity index (χ0v) is 11.4. The predicted molar refractivity (Wildman–Crippen MR) is 71.4 cm³/mol. The molecule has 104 valence electrons. The summed E-state index contributed by atoms with van der Waals surface area (Å²) in [5.74, 6) is 0.676. The number of hydrogen-bond acceptors (Lipinski definition) is 3. The third-order valence-corrected chi connectivity index (χ3v) is 3.62. The number of benzene rings is 1. The number of rotatable bonds is 7. The van der Waals surface area contributed by atoms with Gasteiger partial charge in [0.2, 0.25) is 0 Å². The quantitative estimate of drug-likeness (QED) is 0.822. The number of hydrogen-bond donors (Lipinski definition) is 1. The van der Waals surface area contributed by atoms with Gasteiger partial charge >= 0.3 is 5.97 Å². The molecule has 1 aliphatic rings. The van der Waals surface area contributed by atoms with Crippen LogP contribution in [0.25, 0.3) is 0 Å². The van der Waals surface area contributed by atoms with Crippen molar-refractivity contribution in [2.24, 2.45) is 5.92 Å².